The maximum absolute atomic E-state index is 12.9. The van der Waals surface area contributed by atoms with Crippen molar-refractivity contribution in [1.29, 1.82) is 0 Å². The number of benzene rings is 1. The summed E-state index contributed by atoms with van der Waals surface area (Å²) >= 11 is 0. The topological polar surface area (TPSA) is 67.9 Å². The van der Waals surface area contributed by atoms with Crippen LogP contribution < -0.4 is 10.1 Å². The summed E-state index contributed by atoms with van der Waals surface area (Å²) in [6, 6.07) is 7.36. The number of fused-ring (bicyclic) bond motifs is 2. The number of ether oxygens (including phenoxy) is 2. The van der Waals surface area contributed by atoms with Gasteiger partial charge in [0, 0.05) is 19.7 Å². The van der Waals surface area contributed by atoms with E-state index in [-0.39, 0.29) is 30.5 Å². The Kier molecular flexibility index (Phi) is 6.50. The lowest BCUT2D eigenvalue weighted by Gasteiger charge is -2.42. The molecule has 26 heavy (non-hydrogen) atoms. The maximum Gasteiger partial charge on any atom is 0.255 e. The van der Waals surface area contributed by atoms with Crippen LogP contribution in [-0.2, 0) is 9.53 Å². The Hall–Kier alpha value is -2.08. The zero-order chi connectivity index (χ0) is 18.4. The van der Waals surface area contributed by atoms with E-state index in [2.05, 4.69) is 5.32 Å². The molecular weight excluding hydrogens is 332 g/mol. The van der Waals surface area contributed by atoms with Gasteiger partial charge in [-0.05, 0) is 44.2 Å². The minimum Gasteiger partial charge on any atom is -0.493 e. The van der Waals surface area contributed by atoms with Gasteiger partial charge in [0.05, 0.1) is 18.2 Å². The second-order valence-corrected chi connectivity index (χ2v) is 7.00. The number of carbonyl (C=O) groups excluding carboxylic acids is 2. The molecule has 2 atom stereocenters. The normalized spacial score (nSPS) is 24.2. The standard InChI is InChI=1S/C20H28N2O4/c1-25-14-19(23)22-12-7-9-16-17(22)10-3-2-6-13-26-18-11-5-4-8-15(18)20(24)21-16/h4-5,8,11,16-17H,2-3,6-7,9-10,12-14H2,1H3,(H,21,24)/t16-,17-/m0/s1. The number of hydrogen-bond donors (Lipinski definition) is 1. The van der Waals surface area contributed by atoms with Crippen LogP contribution >= 0.6 is 0 Å². The van der Waals surface area contributed by atoms with Crippen LogP contribution in [0.4, 0.5) is 0 Å². The quantitative estimate of drug-likeness (QED) is 0.879. The second kappa shape index (κ2) is 9.03. The lowest BCUT2D eigenvalue weighted by atomic mass is 9.91. The van der Waals surface area contributed by atoms with E-state index in [0.29, 0.717) is 17.9 Å². The summed E-state index contributed by atoms with van der Waals surface area (Å²) in [6.45, 7) is 1.43. The molecule has 6 heteroatoms. The van der Waals surface area contributed by atoms with Crippen molar-refractivity contribution in [2.45, 2.75) is 50.6 Å². The second-order valence-electron chi connectivity index (χ2n) is 7.00. The molecule has 0 bridgehead atoms. The Balaban J connectivity index is 1.83. The molecule has 0 aromatic heterocycles. The van der Waals surface area contributed by atoms with Crippen LogP contribution in [-0.4, -0.2) is 55.7 Å². The first-order valence-corrected chi connectivity index (χ1v) is 9.52. The van der Waals surface area contributed by atoms with Gasteiger partial charge in [-0.1, -0.05) is 18.6 Å². The zero-order valence-electron chi connectivity index (χ0n) is 15.4. The third-order valence-corrected chi connectivity index (χ3v) is 5.22. The van der Waals surface area contributed by atoms with Crippen LogP contribution in [0.15, 0.2) is 24.3 Å². The first-order valence-electron chi connectivity index (χ1n) is 9.52. The van der Waals surface area contributed by atoms with Crippen molar-refractivity contribution in [1.82, 2.24) is 10.2 Å². The Morgan fingerprint density at radius 2 is 2.08 bits per heavy atom. The van der Waals surface area contributed by atoms with Gasteiger partial charge >= 0.3 is 0 Å². The lowest BCUT2D eigenvalue weighted by molar-refractivity contribution is -0.139. The first kappa shape index (κ1) is 18.7. The number of methoxy groups -OCH3 is 1. The highest BCUT2D eigenvalue weighted by Crippen LogP contribution is 2.25. The van der Waals surface area contributed by atoms with Crippen LogP contribution in [0.25, 0.3) is 0 Å². The molecule has 142 valence electrons. The molecule has 1 saturated heterocycles. The number of amides is 2. The summed E-state index contributed by atoms with van der Waals surface area (Å²) < 4.78 is 10.9. The van der Waals surface area contributed by atoms with Crippen molar-refractivity contribution in [3.8, 4) is 5.75 Å². The Morgan fingerprint density at radius 1 is 1.23 bits per heavy atom. The molecule has 0 unspecified atom stereocenters. The van der Waals surface area contributed by atoms with Gasteiger partial charge in [0.2, 0.25) is 5.91 Å². The monoisotopic (exact) mass is 360 g/mol. The van der Waals surface area contributed by atoms with Gasteiger partial charge in [0.25, 0.3) is 5.91 Å². The van der Waals surface area contributed by atoms with E-state index < -0.39 is 0 Å². The van der Waals surface area contributed by atoms with Crippen LogP contribution in [0.1, 0.15) is 48.9 Å². The summed E-state index contributed by atoms with van der Waals surface area (Å²) in [7, 11) is 1.54. The fourth-order valence-corrected chi connectivity index (χ4v) is 3.94. The zero-order valence-corrected chi connectivity index (χ0v) is 15.4. The Labute approximate surface area is 154 Å². The van der Waals surface area contributed by atoms with Gasteiger partial charge in [-0.3, -0.25) is 9.59 Å². The van der Waals surface area contributed by atoms with Crippen LogP contribution in [0.5, 0.6) is 5.75 Å². The minimum absolute atomic E-state index is 0.00674. The van der Waals surface area contributed by atoms with Gasteiger partial charge in [-0.25, -0.2) is 0 Å². The van der Waals surface area contributed by atoms with E-state index in [1.807, 2.05) is 23.1 Å². The highest BCUT2D eigenvalue weighted by atomic mass is 16.5. The number of para-hydroxylation sites is 1. The first-order chi connectivity index (χ1) is 12.7. The number of carbonyl (C=O) groups is 2. The molecule has 0 spiro atoms. The van der Waals surface area contributed by atoms with Crippen LogP contribution in [0.2, 0.25) is 0 Å². The van der Waals surface area contributed by atoms with E-state index >= 15 is 0 Å². The van der Waals surface area contributed by atoms with Crippen LogP contribution in [0, 0.1) is 0 Å². The van der Waals surface area contributed by atoms with Crippen molar-refractivity contribution in [2.24, 2.45) is 0 Å². The number of nitrogens with zero attached hydrogens (tertiary/aromatic N) is 1. The predicted octanol–water partition coefficient (Wildman–Crippen LogP) is 2.38. The molecule has 1 N–H and O–H groups in total. The molecule has 3 rings (SSSR count). The largest absolute Gasteiger partial charge is 0.493 e. The summed E-state index contributed by atoms with van der Waals surface area (Å²) in [4.78, 5) is 27.2. The van der Waals surface area contributed by atoms with Gasteiger partial charge < -0.3 is 19.7 Å². The number of piperidine rings is 1. The van der Waals surface area contributed by atoms with E-state index in [0.717, 1.165) is 45.1 Å². The van der Waals surface area contributed by atoms with Crippen LogP contribution in [0.3, 0.4) is 0 Å². The number of nitrogens with one attached hydrogen (secondary N) is 1. The van der Waals surface area contributed by atoms with Gasteiger partial charge in [-0.2, -0.15) is 0 Å². The van der Waals surface area contributed by atoms with Crippen molar-refractivity contribution >= 4 is 11.8 Å². The molecule has 1 fully saturated rings. The summed E-state index contributed by atoms with van der Waals surface area (Å²) in [5.74, 6) is 0.509. The molecule has 2 aliphatic heterocycles. The molecular formula is C20H28N2O4. The maximum atomic E-state index is 12.9. The Bertz CT molecular complexity index is 634. The highest BCUT2D eigenvalue weighted by Gasteiger charge is 2.35. The molecule has 1 aromatic carbocycles. The average Bonchev–Trinajstić information content (AvgIpc) is 2.64. The van der Waals surface area contributed by atoms with Crippen molar-refractivity contribution in [3.05, 3.63) is 29.8 Å². The van der Waals surface area contributed by atoms with Crippen molar-refractivity contribution in [2.75, 3.05) is 26.9 Å². The minimum atomic E-state index is -0.128. The third kappa shape index (κ3) is 4.36. The van der Waals surface area contributed by atoms with E-state index in [4.69, 9.17) is 9.47 Å². The molecule has 2 heterocycles. The van der Waals surface area contributed by atoms with E-state index in [9.17, 15) is 9.59 Å². The molecule has 6 nitrogen and oxygen atoms in total. The Morgan fingerprint density at radius 3 is 2.92 bits per heavy atom. The molecule has 0 aliphatic carbocycles. The van der Waals surface area contributed by atoms with Gasteiger partial charge in [0.1, 0.15) is 12.4 Å². The highest BCUT2D eigenvalue weighted by molar-refractivity contribution is 5.97. The van der Waals surface area contributed by atoms with Crippen molar-refractivity contribution < 1.29 is 19.1 Å². The third-order valence-electron chi connectivity index (χ3n) is 5.22. The number of rotatable bonds is 2. The summed E-state index contributed by atoms with van der Waals surface area (Å²) in [5, 5.41) is 3.17. The molecule has 0 saturated carbocycles. The lowest BCUT2D eigenvalue weighted by Crippen LogP contribution is -2.57. The number of likely N-dealkylation sites (tertiary alicyclic amines) is 1. The average molecular weight is 360 g/mol. The fraction of sp³-hybridized carbons (Fsp3) is 0.600. The number of hydrogen-bond acceptors (Lipinski definition) is 4. The molecule has 0 radical (unpaired) electrons. The smallest absolute Gasteiger partial charge is 0.255 e. The van der Waals surface area contributed by atoms with Gasteiger partial charge in [-0.15, -0.1) is 0 Å². The molecule has 2 amide bonds. The van der Waals surface area contributed by atoms with Crippen molar-refractivity contribution in [3.63, 3.8) is 0 Å². The van der Waals surface area contributed by atoms with E-state index in [1.165, 1.54) is 0 Å². The molecule has 1 aromatic rings. The summed E-state index contributed by atoms with van der Waals surface area (Å²) in [5.41, 5.74) is 0.562. The predicted molar refractivity (Wildman–Crippen MR) is 98.3 cm³/mol. The van der Waals surface area contributed by atoms with E-state index in [1.54, 1.807) is 13.2 Å². The SMILES string of the molecule is COCC(=O)N1CCC[C@@H]2NC(=O)c3ccccc3OCCCCC[C@@H]21. The van der Waals surface area contributed by atoms with Gasteiger partial charge in [0.15, 0.2) is 0 Å². The summed E-state index contributed by atoms with van der Waals surface area (Å²) in [6.07, 6.45) is 5.66. The molecule has 2 aliphatic rings. The fourth-order valence-electron chi connectivity index (χ4n) is 3.94.